The Morgan fingerprint density at radius 1 is 1.15 bits per heavy atom. The first-order valence-electron chi connectivity index (χ1n) is 10.4. The van der Waals surface area contributed by atoms with Crippen molar-refractivity contribution in [1.29, 1.82) is 0 Å². The standard InChI is InChI=1S/C22H29FN2O2/c23-18-6-4-17(5-7-18)20(26)3-1-13-24-14-2-11-22(15-24)12-10-21(27)25(16-22)19-8-9-19/h4-7,19H,1-3,8-16H2/t22-/m0/s1. The average molecular weight is 372 g/mol. The summed E-state index contributed by atoms with van der Waals surface area (Å²) in [4.78, 5) is 29.2. The highest BCUT2D eigenvalue weighted by Gasteiger charge is 2.45. The summed E-state index contributed by atoms with van der Waals surface area (Å²) >= 11 is 0. The minimum Gasteiger partial charge on any atom is -0.339 e. The van der Waals surface area contributed by atoms with Crippen LogP contribution in [0, 0.1) is 11.2 Å². The predicted molar refractivity (Wildman–Crippen MR) is 102 cm³/mol. The largest absolute Gasteiger partial charge is 0.339 e. The Labute approximate surface area is 160 Å². The van der Waals surface area contributed by atoms with E-state index in [9.17, 15) is 14.0 Å². The predicted octanol–water partition coefficient (Wildman–Crippen LogP) is 3.66. The molecule has 0 aromatic heterocycles. The van der Waals surface area contributed by atoms with E-state index in [4.69, 9.17) is 0 Å². The number of hydrogen-bond donors (Lipinski definition) is 0. The Morgan fingerprint density at radius 3 is 2.67 bits per heavy atom. The summed E-state index contributed by atoms with van der Waals surface area (Å²) in [6, 6.07) is 6.34. The lowest BCUT2D eigenvalue weighted by atomic mass is 9.73. The van der Waals surface area contributed by atoms with Crippen LogP contribution in [0.15, 0.2) is 24.3 Å². The highest BCUT2D eigenvalue weighted by atomic mass is 19.1. The molecule has 1 saturated carbocycles. The summed E-state index contributed by atoms with van der Waals surface area (Å²) in [7, 11) is 0. The molecule has 0 unspecified atom stereocenters. The molecule has 0 N–H and O–H groups in total. The quantitative estimate of drug-likeness (QED) is 0.716. The van der Waals surface area contributed by atoms with Crippen LogP contribution in [0.1, 0.15) is 61.7 Å². The molecule has 4 rings (SSSR count). The number of ketones is 1. The molecule has 0 radical (unpaired) electrons. The molecule has 1 aliphatic carbocycles. The van der Waals surface area contributed by atoms with Crippen LogP contribution in [0.25, 0.3) is 0 Å². The van der Waals surface area contributed by atoms with E-state index in [0.717, 1.165) is 39.0 Å². The van der Waals surface area contributed by atoms with Crippen LogP contribution in [0.4, 0.5) is 4.39 Å². The molecule has 0 bridgehead atoms. The number of hydrogen-bond acceptors (Lipinski definition) is 3. The third-order valence-corrected chi connectivity index (χ3v) is 6.47. The summed E-state index contributed by atoms with van der Waals surface area (Å²) in [5.74, 6) is 0.131. The monoisotopic (exact) mass is 372 g/mol. The summed E-state index contributed by atoms with van der Waals surface area (Å²) in [6.45, 7) is 3.99. The van der Waals surface area contributed by atoms with E-state index in [1.54, 1.807) is 12.1 Å². The van der Waals surface area contributed by atoms with Crippen LogP contribution in [-0.4, -0.2) is 53.7 Å². The maximum absolute atomic E-state index is 13.0. The molecule has 2 aliphatic heterocycles. The molecule has 146 valence electrons. The lowest BCUT2D eigenvalue weighted by molar-refractivity contribution is -0.140. The van der Waals surface area contributed by atoms with Crippen molar-refractivity contribution in [2.45, 2.75) is 57.4 Å². The zero-order valence-corrected chi connectivity index (χ0v) is 16.0. The number of benzene rings is 1. The number of halogens is 1. The second kappa shape index (κ2) is 7.70. The van der Waals surface area contributed by atoms with Crippen LogP contribution in [-0.2, 0) is 4.79 Å². The number of carbonyl (C=O) groups is 2. The van der Waals surface area contributed by atoms with Crippen molar-refractivity contribution >= 4 is 11.7 Å². The zero-order chi connectivity index (χ0) is 18.9. The molecule has 2 saturated heterocycles. The molecule has 1 spiro atoms. The van der Waals surface area contributed by atoms with Gasteiger partial charge in [0.15, 0.2) is 5.78 Å². The number of Topliss-reactive ketones (excluding diaryl/α,β-unsaturated/α-hetero) is 1. The third-order valence-electron chi connectivity index (χ3n) is 6.47. The van der Waals surface area contributed by atoms with E-state index in [2.05, 4.69) is 9.80 Å². The van der Waals surface area contributed by atoms with Crippen LogP contribution in [0.2, 0.25) is 0 Å². The van der Waals surface area contributed by atoms with Gasteiger partial charge in [-0.3, -0.25) is 9.59 Å². The average Bonchev–Trinajstić information content (AvgIpc) is 3.50. The number of carbonyl (C=O) groups excluding carboxylic acids is 2. The van der Waals surface area contributed by atoms with Crippen molar-refractivity contribution in [2.24, 2.45) is 5.41 Å². The van der Waals surface area contributed by atoms with Gasteiger partial charge >= 0.3 is 0 Å². The van der Waals surface area contributed by atoms with Gasteiger partial charge in [0, 0.05) is 43.0 Å². The van der Waals surface area contributed by atoms with Gasteiger partial charge in [0.1, 0.15) is 5.82 Å². The second-order valence-corrected chi connectivity index (χ2v) is 8.67. The van der Waals surface area contributed by atoms with E-state index < -0.39 is 0 Å². The fourth-order valence-electron chi connectivity index (χ4n) is 4.84. The molecule has 1 atom stereocenters. The maximum atomic E-state index is 13.0. The van der Waals surface area contributed by atoms with Crippen molar-refractivity contribution in [3.8, 4) is 0 Å². The smallest absolute Gasteiger partial charge is 0.222 e. The Balaban J connectivity index is 1.28. The molecular formula is C22H29FN2O2. The molecule has 4 nitrogen and oxygen atoms in total. The maximum Gasteiger partial charge on any atom is 0.222 e. The first kappa shape index (κ1) is 18.6. The molecule has 1 aromatic carbocycles. The van der Waals surface area contributed by atoms with Crippen LogP contribution in [0.5, 0.6) is 0 Å². The summed E-state index contributed by atoms with van der Waals surface area (Å²) in [5.41, 5.74) is 0.854. The van der Waals surface area contributed by atoms with Gasteiger partial charge in [0.05, 0.1) is 0 Å². The topological polar surface area (TPSA) is 40.6 Å². The molecule has 1 amide bonds. The summed E-state index contributed by atoms with van der Waals surface area (Å²) in [6.07, 6.45) is 7.80. The second-order valence-electron chi connectivity index (χ2n) is 8.67. The van der Waals surface area contributed by atoms with E-state index in [1.807, 2.05) is 0 Å². The molecule has 2 heterocycles. The fourth-order valence-corrected chi connectivity index (χ4v) is 4.84. The molecule has 3 fully saturated rings. The van der Waals surface area contributed by atoms with Crippen molar-refractivity contribution in [2.75, 3.05) is 26.2 Å². The highest BCUT2D eigenvalue weighted by Crippen LogP contribution is 2.42. The van der Waals surface area contributed by atoms with Gasteiger partial charge in [-0.2, -0.15) is 0 Å². The number of likely N-dealkylation sites (tertiary alicyclic amines) is 2. The number of amides is 1. The Bertz CT molecular complexity index is 701. The third kappa shape index (κ3) is 4.40. The number of rotatable bonds is 6. The SMILES string of the molecule is O=C(CCCN1CCC[C@]2(CCC(=O)N(C3CC3)C2)C1)c1ccc(F)cc1. The van der Waals surface area contributed by atoms with E-state index in [0.29, 0.717) is 30.4 Å². The lowest BCUT2D eigenvalue weighted by Gasteiger charge is -2.48. The number of piperidine rings is 2. The van der Waals surface area contributed by atoms with Gasteiger partial charge in [-0.1, -0.05) is 0 Å². The van der Waals surface area contributed by atoms with E-state index >= 15 is 0 Å². The van der Waals surface area contributed by atoms with Gasteiger partial charge in [-0.25, -0.2) is 4.39 Å². The van der Waals surface area contributed by atoms with Crippen LogP contribution >= 0.6 is 0 Å². The molecule has 1 aromatic rings. The van der Waals surface area contributed by atoms with Gasteiger partial charge < -0.3 is 9.80 Å². The minimum absolute atomic E-state index is 0.0879. The van der Waals surface area contributed by atoms with E-state index in [1.165, 1.54) is 37.8 Å². The molecule has 5 heteroatoms. The minimum atomic E-state index is -0.309. The van der Waals surface area contributed by atoms with Crippen molar-refractivity contribution in [1.82, 2.24) is 9.80 Å². The molecular weight excluding hydrogens is 343 g/mol. The first-order valence-corrected chi connectivity index (χ1v) is 10.4. The lowest BCUT2D eigenvalue weighted by Crippen LogP contribution is -2.54. The van der Waals surface area contributed by atoms with Crippen LogP contribution < -0.4 is 0 Å². The highest BCUT2D eigenvalue weighted by molar-refractivity contribution is 5.95. The van der Waals surface area contributed by atoms with Gasteiger partial charge in [0.25, 0.3) is 0 Å². The van der Waals surface area contributed by atoms with E-state index in [-0.39, 0.29) is 17.0 Å². The molecule has 3 aliphatic rings. The fraction of sp³-hybridized carbons (Fsp3) is 0.636. The summed E-state index contributed by atoms with van der Waals surface area (Å²) in [5, 5.41) is 0. The van der Waals surface area contributed by atoms with Crippen molar-refractivity contribution in [3.05, 3.63) is 35.6 Å². The van der Waals surface area contributed by atoms with Crippen LogP contribution in [0.3, 0.4) is 0 Å². The van der Waals surface area contributed by atoms with Crippen molar-refractivity contribution < 1.29 is 14.0 Å². The van der Waals surface area contributed by atoms with Gasteiger partial charge in [-0.15, -0.1) is 0 Å². The van der Waals surface area contributed by atoms with Gasteiger partial charge in [0.2, 0.25) is 5.91 Å². The molecule has 27 heavy (non-hydrogen) atoms. The normalized spacial score (nSPS) is 26.6. The van der Waals surface area contributed by atoms with Crippen molar-refractivity contribution in [3.63, 3.8) is 0 Å². The summed E-state index contributed by atoms with van der Waals surface area (Å²) < 4.78 is 13.0. The zero-order valence-electron chi connectivity index (χ0n) is 16.0. The van der Waals surface area contributed by atoms with Gasteiger partial charge in [-0.05, 0) is 75.9 Å². The number of nitrogens with zero attached hydrogens (tertiary/aromatic N) is 2. The Morgan fingerprint density at radius 2 is 1.93 bits per heavy atom. The Hall–Kier alpha value is -1.75. The Kier molecular flexibility index (Phi) is 5.31. The first-order chi connectivity index (χ1) is 13.0.